The Hall–Kier alpha value is -5.78. The molecule has 5 heterocycles. The molecule has 3 aromatic rings. The molecule has 0 amide bonds. The number of allylic oxidation sites excluding steroid dienone is 3. The number of rotatable bonds is 9. The van der Waals surface area contributed by atoms with Crippen molar-refractivity contribution in [2.24, 2.45) is 5.92 Å². The molecule has 3 aliphatic rings. The van der Waals surface area contributed by atoms with Gasteiger partial charge in [0, 0.05) is 63.1 Å². The summed E-state index contributed by atoms with van der Waals surface area (Å²) in [5.74, 6) is -4.06. The third-order valence-corrected chi connectivity index (χ3v) is 11.2. The van der Waals surface area contributed by atoms with E-state index in [0.717, 1.165) is 44.4 Å². The predicted octanol–water partition coefficient (Wildman–Crippen LogP) is 6.81. The lowest BCUT2D eigenvalue weighted by Gasteiger charge is -2.40. The molecular weight excluding hydrogens is 676 g/mol. The maximum absolute atomic E-state index is 13.6. The molecule has 1 aliphatic carbocycles. The molecule has 0 saturated carbocycles. The van der Waals surface area contributed by atoms with Gasteiger partial charge in [0.2, 0.25) is 0 Å². The second kappa shape index (κ2) is 14.3. The summed E-state index contributed by atoms with van der Waals surface area (Å²) in [7, 11) is 3.97. The van der Waals surface area contributed by atoms with Crippen LogP contribution in [-0.4, -0.2) is 70.2 Å². The van der Waals surface area contributed by atoms with Gasteiger partial charge in [0.15, 0.2) is 0 Å². The standard InChI is InChI=1S/C41H44N4O8/c1-9-23-20(2)29-17-34-27-13-10-26(39(48)49)38(40(50)53-8)41(27,5)35(45-34)19-30-22(4)25(12-15-37(47)52-7)33(44-30)18-32-24(11-14-36(46)51-6)21(3)28(43-32)16-31(23)42-29/h9-10,16-19,27,38,42,44H,1,11-15H2,2-8H3,(H,48,49). The first kappa shape index (κ1) is 37.0. The fourth-order valence-corrected chi connectivity index (χ4v) is 8.11. The Balaban J connectivity index is 1.75. The number of methoxy groups -OCH3 is 3. The van der Waals surface area contributed by atoms with Gasteiger partial charge in [-0.05, 0) is 92.1 Å². The van der Waals surface area contributed by atoms with Crippen LogP contribution in [0, 0.1) is 19.8 Å². The predicted molar refractivity (Wildman–Crippen MR) is 201 cm³/mol. The van der Waals surface area contributed by atoms with Crippen LogP contribution in [-0.2, 0) is 45.2 Å². The minimum atomic E-state index is -1.19. The molecule has 3 aromatic heterocycles. The van der Waals surface area contributed by atoms with Crippen molar-refractivity contribution in [1.82, 2.24) is 19.9 Å². The number of carbonyl (C=O) groups is 4. The summed E-state index contributed by atoms with van der Waals surface area (Å²) in [5, 5.41) is 10.3. The Morgan fingerprint density at radius 2 is 1.51 bits per heavy atom. The van der Waals surface area contributed by atoms with Crippen LogP contribution in [0.3, 0.4) is 0 Å². The van der Waals surface area contributed by atoms with Crippen LogP contribution >= 0.6 is 0 Å². The molecule has 0 spiro atoms. The molecular formula is C41H44N4O8. The van der Waals surface area contributed by atoms with E-state index in [-0.39, 0.29) is 36.3 Å². The van der Waals surface area contributed by atoms with E-state index >= 15 is 0 Å². The van der Waals surface area contributed by atoms with E-state index in [0.29, 0.717) is 53.1 Å². The van der Waals surface area contributed by atoms with E-state index in [4.69, 9.17) is 24.2 Å². The van der Waals surface area contributed by atoms with E-state index in [2.05, 4.69) is 16.5 Å². The average Bonchev–Trinajstić information content (AvgIpc) is 3.79. The largest absolute Gasteiger partial charge is 0.478 e. The number of fused-ring (bicyclic) bond motifs is 11. The lowest BCUT2D eigenvalue weighted by Crippen LogP contribution is -2.45. The fourth-order valence-electron chi connectivity index (χ4n) is 8.11. The molecule has 12 heteroatoms. The highest BCUT2D eigenvalue weighted by atomic mass is 16.5. The number of aliphatic carboxylic acids is 1. The first-order valence-corrected chi connectivity index (χ1v) is 17.5. The van der Waals surface area contributed by atoms with Gasteiger partial charge >= 0.3 is 23.9 Å². The van der Waals surface area contributed by atoms with Crippen molar-refractivity contribution < 1.29 is 38.5 Å². The van der Waals surface area contributed by atoms with E-state index < -0.39 is 23.3 Å². The Morgan fingerprint density at radius 3 is 2.15 bits per heavy atom. The van der Waals surface area contributed by atoms with Gasteiger partial charge < -0.3 is 29.3 Å². The summed E-state index contributed by atoms with van der Waals surface area (Å²) in [5.41, 5.74) is 9.67. The van der Waals surface area contributed by atoms with Gasteiger partial charge in [-0.1, -0.05) is 25.7 Å². The smallest absolute Gasteiger partial charge is 0.332 e. The van der Waals surface area contributed by atoms with Gasteiger partial charge in [-0.3, -0.25) is 19.4 Å². The van der Waals surface area contributed by atoms with E-state index in [1.807, 2.05) is 52.0 Å². The van der Waals surface area contributed by atoms with Gasteiger partial charge in [-0.25, -0.2) is 9.78 Å². The summed E-state index contributed by atoms with van der Waals surface area (Å²) >= 11 is 0. The minimum absolute atomic E-state index is 0.0329. The van der Waals surface area contributed by atoms with Crippen LogP contribution in [0.2, 0.25) is 0 Å². The molecule has 3 unspecified atom stereocenters. The van der Waals surface area contributed by atoms with Crippen molar-refractivity contribution in [2.45, 2.75) is 71.1 Å². The first-order chi connectivity index (χ1) is 25.3. The number of H-pyrrole nitrogens is 2. The molecule has 0 saturated heterocycles. The maximum atomic E-state index is 13.6. The third-order valence-electron chi connectivity index (χ3n) is 11.2. The summed E-state index contributed by atoms with van der Waals surface area (Å²) in [6.07, 6.45) is 4.76. The molecule has 276 valence electrons. The number of nitrogens with one attached hydrogen (secondary N) is 2. The Morgan fingerprint density at radius 1 is 0.868 bits per heavy atom. The van der Waals surface area contributed by atoms with Gasteiger partial charge in [0.25, 0.3) is 0 Å². The summed E-state index contributed by atoms with van der Waals surface area (Å²) < 4.78 is 15.2. The van der Waals surface area contributed by atoms with Crippen molar-refractivity contribution in [3.8, 4) is 0 Å². The van der Waals surface area contributed by atoms with Crippen LogP contribution in [0.4, 0.5) is 0 Å². The fraction of sp³-hybridized carbons (Fsp3) is 0.366. The molecule has 0 radical (unpaired) electrons. The van der Waals surface area contributed by atoms with Crippen molar-refractivity contribution in [1.29, 1.82) is 0 Å². The van der Waals surface area contributed by atoms with Gasteiger partial charge in [-0.15, -0.1) is 0 Å². The van der Waals surface area contributed by atoms with Crippen LogP contribution in [0.25, 0.3) is 39.3 Å². The van der Waals surface area contributed by atoms with Gasteiger partial charge in [0.05, 0.1) is 38.4 Å². The first-order valence-electron chi connectivity index (χ1n) is 17.5. The highest BCUT2D eigenvalue weighted by molar-refractivity contribution is 5.97. The number of aromatic nitrogens is 4. The molecule has 3 N–H and O–H groups in total. The lowest BCUT2D eigenvalue weighted by atomic mass is 9.60. The molecule has 2 aliphatic heterocycles. The van der Waals surface area contributed by atoms with Gasteiger partial charge in [0.1, 0.15) is 5.92 Å². The zero-order valence-corrected chi connectivity index (χ0v) is 31.1. The summed E-state index contributed by atoms with van der Waals surface area (Å²) in [6, 6.07) is 7.73. The lowest BCUT2D eigenvalue weighted by molar-refractivity contribution is -0.149. The molecule has 0 aromatic carbocycles. The van der Waals surface area contributed by atoms with E-state index in [1.165, 1.54) is 21.3 Å². The quantitative estimate of drug-likeness (QED) is 0.157. The average molecular weight is 721 g/mol. The van der Waals surface area contributed by atoms with Crippen LogP contribution < -0.4 is 0 Å². The summed E-state index contributed by atoms with van der Waals surface area (Å²) in [4.78, 5) is 68.2. The number of hydrogen-bond donors (Lipinski definition) is 3. The third kappa shape index (κ3) is 6.36. The molecule has 8 bridgehead atoms. The van der Waals surface area contributed by atoms with E-state index in [1.54, 1.807) is 12.2 Å². The van der Waals surface area contributed by atoms with E-state index in [9.17, 15) is 24.3 Å². The zero-order chi connectivity index (χ0) is 38.4. The normalized spacial score (nSPS) is 19.3. The summed E-state index contributed by atoms with van der Waals surface area (Å²) in [6.45, 7) is 11.9. The number of hydrogen-bond acceptors (Lipinski definition) is 9. The number of carbonyl (C=O) groups excluding carboxylic acids is 3. The number of esters is 3. The van der Waals surface area contributed by atoms with Crippen molar-refractivity contribution in [3.05, 3.63) is 87.5 Å². The zero-order valence-electron chi connectivity index (χ0n) is 31.1. The maximum Gasteiger partial charge on any atom is 0.332 e. The Kier molecular flexibility index (Phi) is 10.0. The van der Waals surface area contributed by atoms with Crippen molar-refractivity contribution in [3.63, 3.8) is 0 Å². The molecule has 12 nitrogen and oxygen atoms in total. The SMILES string of the molecule is C=Cc1c(C)c2cc3nc(cc4[nH]c(cc5nc(cc1[nH]2)C(C)=C5CCC(=O)OC)c(CCC(=O)OC)c4C)C1(C)C(C(=O)OC)C(C(=O)O)=CCC31. The van der Waals surface area contributed by atoms with Crippen molar-refractivity contribution in [2.75, 3.05) is 21.3 Å². The molecule has 0 fully saturated rings. The monoisotopic (exact) mass is 720 g/mol. The number of aromatic amines is 2. The second-order valence-corrected chi connectivity index (χ2v) is 13.9. The second-order valence-electron chi connectivity index (χ2n) is 13.9. The highest BCUT2D eigenvalue weighted by Crippen LogP contribution is 2.55. The molecule has 3 atom stereocenters. The topological polar surface area (TPSA) is 174 Å². The Labute approximate surface area is 307 Å². The number of carboxylic acids is 1. The Bertz CT molecular complexity index is 2310. The van der Waals surface area contributed by atoms with Gasteiger partial charge in [-0.2, -0.15) is 0 Å². The number of aryl methyl sites for hydroxylation is 3. The van der Waals surface area contributed by atoms with Crippen LogP contribution in [0.5, 0.6) is 0 Å². The minimum Gasteiger partial charge on any atom is -0.478 e. The van der Waals surface area contributed by atoms with Crippen LogP contribution in [0.15, 0.2) is 42.5 Å². The number of carboxylic acid groups (broad SMARTS) is 1. The molecule has 6 rings (SSSR count). The number of ether oxygens (including phenoxy) is 3. The van der Waals surface area contributed by atoms with Crippen LogP contribution in [0.1, 0.15) is 90.5 Å². The highest BCUT2D eigenvalue weighted by Gasteiger charge is 2.56. The number of nitrogens with zero attached hydrogens (tertiary/aromatic N) is 2. The molecule has 53 heavy (non-hydrogen) atoms. The van der Waals surface area contributed by atoms with Crippen molar-refractivity contribution >= 4 is 63.2 Å².